The zero-order valence-corrected chi connectivity index (χ0v) is 10.0. The fourth-order valence-corrected chi connectivity index (χ4v) is 1.48. The van der Waals surface area contributed by atoms with Crippen LogP contribution in [0.1, 0.15) is 13.3 Å². The molecule has 0 unspecified atom stereocenters. The maximum absolute atomic E-state index is 4.17. The van der Waals surface area contributed by atoms with Gasteiger partial charge in [-0.05, 0) is 34.5 Å². The summed E-state index contributed by atoms with van der Waals surface area (Å²) in [4.78, 5) is 0. The molecule has 1 N–H and O–H groups in total. The first-order valence-electron chi connectivity index (χ1n) is 4.77. The highest BCUT2D eigenvalue weighted by Gasteiger charge is 1.97. The van der Waals surface area contributed by atoms with Gasteiger partial charge in [0, 0.05) is 12.7 Å². The third kappa shape index (κ3) is 4.07. The molecular weight excluding hydrogens is 242 g/mol. The third-order valence-electron chi connectivity index (χ3n) is 1.79. The number of hydrogen-bond acceptors (Lipinski definition) is 2. The van der Waals surface area contributed by atoms with Crippen LogP contribution < -0.4 is 5.32 Å². The Hall–Kier alpha value is -0.610. The first kappa shape index (κ1) is 11.5. The van der Waals surface area contributed by atoms with Crippen LogP contribution in [-0.2, 0) is 6.54 Å². The van der Waals surface area contributed by atoms with Gasteiger partial charge in [0.15, 0.2) is 0 Å². The number of rotatable bonds is 6. The van der Waals surface area contributed by atoms with E-state index in [9.17, 15) is 0 Å². The Labute approximate surface area is 93.3 Å². The van der Waals surface area contributed by atoms with Crippen molar-refractivity contribution in [3.63, 3.8) is 0 Å². The Kier molecular flexibility index (Phi) is 4.90. The molecular formula is C10H16BrN3. The molecule has 0 fully saturated rings. The SMILES string of the molecule is C=C(CNCCC)Cn1cc(Br)cn1. The molecule has 1 aromatic rings. The largest absolute Gasteiger partial charge is 0.313 e. The zero-order chi connectivity index (χ0) is 10.4. The summed E-state index contributed by atoms with van der Waals surface area (Å²) in [5.41, 5.74) is 1.15. The molecule has 0 atom stereocenters. The van der Waals surface area contributed by atoms with Gasteiger partial charge in [-0.1, -0.05) is 13.5 Å². The second-order valence-corrected chi connectivity index (χ2v) is 4.20. The summed E-state index contributed by atoms with van der Waals surface area (Å²) < 4.78 is 2.88. The van der Waals surface area contributed by atoms with Crippen LogP contribution in [0.15, 0.2) is 29.0 Å². The second kappa shape index (κ2) is 5.98. The average molecular weight is 258 g/mol. The molecule has 0 saturated heterocycles. The quantitative estimate of drug-likeness (QED) is 0.626. The van der Waals surface area contributed by atoms with Crippen LogP contribution in [0, 0.1) is 0 Å². The lowest BCUT2D eigenvalue weighted by molar-refractivity contribution is 0.633. The van der Waals surface area contributed by atoms with Crippen LogP contribution in [0.3, 0.4) is 0 Å². The Balaban J connectivity index is 2.27. The van der Waals surface area contributed by atoms with Crippen molar-refractivity contribution in [3.05, 3.63) is 29.0 Å². The van der Waals surface area contributed by atoms with Crippen LogP contribution in [0.5, 0.6) is 0 Å². The van der Waals surface area contributed by atoms with Crippen LogP contribution >= 0.6 is 15.9 Å². The number of hydrogen-bond donors (Lipinski definition) is 1. The molecule has 0 aliphatic carbocycles. The van der Waals surface area contributed by atoms with Crippen molar-refractivity contribution in [1.29, 1.82) is 0 Å². The standard InChI is InChI=1S/C10H16BrN3/c1-3-4-12-5-9(2)7-14-8-10(11)6-13-14/h6,8,12H,2-5,7H2,1H3. The summed E-state index contributed by atoms with van der Waals surface area (Å²) in [6.45, 7) is 8.84. The van der Waals surface area contributed by atoms with E-state index in [0.717, 1.165) is 36.1 Å². The van der Waals surface area contributed by atoms with Gasteiger partial charge >= 0.3 is 0 Å². The summed E-state index contributed by atoms with van der Waals surface area (Å²) in [5.74, 6) is 0. The third-order valence-corrected chi connectivity index (χ3v) is 2.20. The summed E-state index contributed by atoms with van der Waals surface area (Å²) in [5, 5.41) is 7.47. The maximum atomic E-state index is 4.17. The van der Waals surface area contributed by atoms with E-state index in [-0.39, 0.29) is 0 Å². The molecule has 0 amide bonds. The minimum absolute atomic E-state index is 0.780. The molecule has 1 aromatic heterocycles. The molecule has 0 aliphatic rings. The van der Waals surface area contributed by atoms with E-state index in [2.05, 4.69) is 39.8 Å². The van der Waals surface area contributed by atoms with Crippen molar-refractivity contribution in [1.82, 2.24) is 15.1 Å². The van der Waals surface area contributed by atoms with Crippen molar-refractivity contribution in [3.8, 4) is 0 Å². The van der Waals surface area contributed by atoms with Crippen LogP contribution in [0.25, 0.3) is 0 Å². The average Bonchev–Trinajstić information content (AvgIpc) is 2.52. The molecule has 0 aromatic carbocycles. The van der Waals surface area contributed by atoms with E-state index in [4.69, 9.17) is 0 Å². The summed E-state index contributed by atoms with van der Waals surface area (Å²) in [6, 6.07) is 0. The smallest absolute Gasteiger partial charge is 0.0632 e. The monoisotopic (exact) mass is 257 g/mol. The van der Waals surface area contributed by atoms with Gasteiger partial charge in [0.25, 0.3) is 0 Å². The first-order valence-corrected chi connectivity index (χ1v) is 5.57. The lowest BCUT2D eigenvalue weighted by Gasteiger charge is -2.06. The van der Waals surface area contributed by atoms with E-state index < -0.39 is 0 Å². The Morgan fingerprint density at radius 3 is 3.07 bits per heavy atom. The molecule has 0 saturated carbocycles. The predicted octanol–water partition coefficient (Wildman–Crippen LogP) is 2.20. The topological polar surface area (TPSA) is 29.9 Å². The summed E-state index contributed by atoms with van der Waals surface area (Å²) >= 11 is 3.36. The first-order chi connectivity index (χ1) is 6.72. The minimum Gasteiger partial charge on any atom is -0.313 e. The van der Waals surface area contributed by atoms with Crippen LogP contribution in [0.4, 0.5) is 0 Å². The summed E-state index contributed by atoms with van der Waals surface area (Å²) in [6.07, 6.45) is 4.89. The second-order valence-electron chi connectivity index (χ2n) is 3.28. The summed E-state index contributed by atoms with van der Waals surface area (Å²) in [7, 11) is 0. The molecule has 4 heteroatoms. The lowest BCUT2D eigenvalue weighted by atomic mass is 10.3. The highest BCUT2D eigenvalue weighted by atomic mass is 79.9. The number of aromatic nitrogens is 2. The van der Waals surface area contributed by atoms with Crippen molar-refractivity contribution < 1.29 is 0 Å². The Bertz CT molecular complexity index is 293. The fraction of sp³-hybridized carbons (Fsp3) is 0.500. The van der Waals surface area contributed by atoms with Crippen LogP contribution in [0.2, 0.25) is 0 Å². The highest BCUT2D eigenvalue weighted by molar-refractivity contribution is 9.10. The van der Waals surface area contributed by atoms with Crippen molar-refractivity contribution in [2.24, 2.45) is 0 Å². The van der Waals surface area contributed by atoms with Gasteiger partial charge in [-0.2, -0.15) is 5.10 Å². The van der Waals surface area contributed by atoms with E-state index >= 15 is 0 Å². The molecule has 3 nitrogen and oxygen atoms in total. The van der Waals surface area contributed by atoms with E-state index in [0.29, 0.717) is 0 Å². The number of nitrogens with zero attached hydrogens (tertiary/aromatic N) is 2. The van der Waals surface area contributed by atoms with E-state index in [1.165, 1.54) is 0 Å². The zero-order valence-electron chi connectivity index (χ0n) is 8.46. The van der Waals surface area contributed by atoms with Gasteiger partial charge in [0.05, 0.1) is 17.2 Å². The van der Waals surface area contributed by atoms with Gasteiger partial charge < -0.3 is 5.32 Å². The normalized spacial score (nSPS) is 10.4. The molecule has 0 spiro atoms. The highest BCUT2D eigenvalue weighted by Crippen LogP contribution is 2.07. The minimum atomic E-state index is 0.780. The molecule has 0 aliphatic heterocycles. The molecule has 1 rings (SSSR count). The van der Waals surface area contributed by atoms with Gasteiger partial charge in [0.1, 0.15) is 0 Å². The lowest BCUT2D eigenvalue weighted by Crippen LogP contribution is -2.19. The molecule has 0 bridgehead atoms. The van der Waals surface area contributed by atoms with Gasteiger partial charge in [-0.3, -0.25) is 4.68 Å². The predicted molar refractivity (Wildman–Crippen MR) is 62.2 cm³/mol. The van der Waals surface area contributed by atoms with Crippen molar-refractivity contribution >= 4 is 15.9 Å². The van der Waals surface area contributed by atoms with Gasteiger partial charge in [0.2, 0.25) is 0 Å². The van der Waals surface area contributed by atoms with Crippen molar-refractivity contribution in [2.45, 2.75) is 19.9 Å². The maximum Gasteiger partial charge on any atom is 0.0632 e. The Morgan fingerprint density at radius 2 is 2.50 bits per heavy atom. The van der Waals surface area contributed by atoms with E-state index in [1.54, 1.807) is 6.20 Å². The molecule has 0 radical (unpaired) electrons. The van der Waals surface area contributed by atoms with Crippen LogP contribution in [-0.4, -0.2) is 22.9 Å². The number of nitrogens with one attached hydrogen (secondary N) is 1. The number of halogens is 1. The van der Waals surface area contributed by atoms with Gasteiger partial charge in [-0.15, -0.1) is 0 Å². The van der Waals surface area contributed by atoms with Crippen molar-refractivity contribution in [2.75, 3.05) is 13.1 Å². The Morgan fingerprint density at radius 1 is 1.71 bits per heavy atom. The molecule has 78 valence electrons. The molecule has 14 heavy (non-hydrogen) atoms. The molecule has 1 heterocycles. The van der Waals surface area contributed by atoms with E-state index in [1.807, 2.05) is 10.9 Å². The fourth-order valence-electron chi connectivity index (χ4n) is 1.15. The van der Waals surface area contributed by atoms with Gasteiger partial charge in [-0.25, -0.2) is 0 Å².